The Morgan fingerprint density at radius 2 is 2.05 bits per heavy atom. The Hall–Kier alpha value is -1.01. The molecule has 0 amide bonds. The zero-order valence-electron chi connectivity index (χ0n) is 11.9. The summed E-state index contributed by atoms with van der Waals surface area (Å²) >= 11 is 0. The lowest BCUT2D eigenvalue weighted by molar-refractivity contribution is -0.0777. The third-order valence-corrected chi connectivity index (χ3v) is 3.82. The van der Waals surface area contributed by atoms with E-state index >= 15 is 0 Å². The highest BCUT2D eigenvalue weighted by molar-refractivity contribution is 5.27. The Labute approximate surface area is 119 Å². The fraction of sp³-hybridized carbons (Fsp3) is 0.600. The molecule has 1 fully saturated rings. The second-order valence-corrected chi connectivity index (χ2v) is 5.63. The van der Waals surface area contributed by atoms with Crippen LogP contribution in [-0.4, -0.2) is 42.4 Å². The van der Waals surface area contributed by atoms with Crippen molar-refractivity contribution < 1.29 is 14.2 Å². The Morgan fingerprint density at radius 1 is 1.35 bits per heavy atom. The van der Waals surface area contributed by atoms with Crippen LogP contribution in [0.1, 0.15) is 24.0 Å². The number of nitrogens with zero attached hydrogens (tertiary/aromatic N) is 1. The van der Waals surface area contributed by atoms with Gasteiger partial charge in [0.25, 0.3) is 0 Å². The molecule has 1 heterocycles. The summed E-state index contributed by atoms with van der Waals surface area (Å²) in [6.07, 6.45) is 1.31. The lowest BCUT2D eigenvalue weighted by Crippen LogP contribution is -2.45. The van der Waals surface area contributed by atoms with Gasteiger partial charge >= 0.3 is 0 Å². The predicted molar refractivity (Wildman–Crippen MR) is 75.6 cm³/mol. The van der Waals surface area contributed by atoms with E-state index in [0.29, 0.717) is 45.7 Å². The summed E-state index contributed by atoms with van der Waals surface area (Å²) in [7, 11) is 1.96. The molecule has 1 aliphatic heterocycles. The van der Waals surface area contributed by atoms with Gasteiger partial charge in [-0.05, 0) is 30.3 Å². The molecule has 0 radical (unpaired) electrons. The largest absolute Gasteiger partial charge is 0.388 e. The smallest absolute Gasteiger partial charge is 0.123 e. The number of likely N-dealkylation sites (N-methyl/N-ethyl adjacent to an activating group) is 1. The number of ether oxygens (including phenoxy) is 1. The quantitative estimate of drug-likeness (QED) is 0.853. The average Bonchev–Trinajstić information content (AvgIpc) is 2.41. The summed E-state index contributed by atoms with van der Waals surface area (Å²) in [6, 6.07) is 4.69. The third-order valence-electron chi connectivity index (χ3n) is 3.82. The molecule has 0 aliphatic carbocycles. The van der Waals surface area contributed by atoms with Crippen LogP contribution >= 0.6 is 0 Å². The number of aliphatic hydroxyl groups is 1. The van der Waals surface area contributed by atoms with Gasteiger partial charge in [-0.2, -0.15) is 0 Å². The van der Waals surface area contributed by atoms with Crippen molar-refractivity contribution in [1.29, 1.82) is 0 Å². The molecule has 0 atom stereocenters. The highest BCUT2D eigenvalue weighted by Crippen LogP contribution is 2.22. The minimum atomic E-state index is -0.685. The first-order chi connectivity index (χ1) is 9.52. The van der Waals surface area contributed by atoms with Gasteiger partial charge in [-0.25, -0.2) is 4.39 Å². The molecule has 1 aromatic carbocycles. The monoisotopic (exact) mass is 282 g/mol. The van der Waals surface area contributed by atoms with E-state index in [2.05, 4.69) is 4.90 Å². The second kappa shape index (κ2) is 6.63. The number of hydrogen-bond acceptors (Lipinski definition) is 4. The highest BCUT2D eigenvalue weighted by Gasteiger charge is 2.31. The van der Waals surface area contributed by atoms with Crippen LogP contribution < -0.4 is 5.73 Å². The van der Waals surface area contributed by atoms with Crippen molar-refractivity contribution in [3.8, 4) is 0 Å². The molecule has 0 bridgehead atoms. The van der Waals surface area contributed by atoms with Gasteiger partial charge in [0.2, 0.25) is 0 Å². The molecule has 3 N–H and O–H groups in total. The minimum Gasteiger partial charge on any atom is -0.388 e. The van der Waals surface area contributed by atoms with Crippen molar-refractivity contribution >= 4 is 0 Å². The molecular weight excluding hydrogens is 259 g/mol. The fourth-order valence-corrected chi connectivity index (χ4v) is 2.70. The van der Waals surface area contributed by atoms with Gasteiger partial charge in [-0.15, -0.1) is 0 Å². The van der Waals surface area contributed by atoms with E-state index in [9.17, 15) is 9.50 Å². The molecule has 4 nitrogen and oxygen atoms in total. The zero-order valence-corrected chi connectivity index (χ0v) is 11.9. The summed E-state index contributed by atoms with van der Waals surface area (Å²) in [5, 5.41) is 10.5. The number of rotatable bonds is 5. The molecular formula is C15H23FN2O2. The van der Waals surface area contributed by atoms with Gasteiger partial charge in [-0.3, -0.25) is 4.90 Å². The van der Waals surface area contributed by atoms with Crippen molar-refractivity contribution in [2.45, 2.75) is 31.5 Å². The average molecular weight is 282 g/mol. The lowest BCUT2D eigenvalue weighted by atomic mass is 9.93. The van der Waals surface area contributed by atoms with Gasteiger partial charge < -0.3 is 15.6 Å². The van der Waals surface area contributed by atoms with E-state index in [0.717, 1.165) is 11.1 Å². The van der Waals surface area contributed by atoms with Crippen LogP contribution in [0.4, 0.5) is 4.39 Å². The van der Waals surface area contributed by atoms with Crippen molar-refractivity contribution in [2.75, 3.05) is 26.8 Å². The first kappa shape index (κ1) is 15.4. The normalized spacial score (nSPS) is 18.4. The van der Waals surface area contributed by atoms with Crippen LogP contribution in [0.3, 0.4) is 0 Å². The SMILES string of the molecule is CN(Cc1ccc(F)cc1CN)CC1(O)CCOCC1. The molecule has 20 heavy (non-hydrogen) atoms. The third kappa shape index (κ3) is 3.99. The van der Waals surface area contributed by atoms with E-state index in [4.69, 9.17) is 10.5 Å². The molecule has 5 heteroatoms. The van der Waals surface area contributed by atoms with Gasteiger partial charge in [0.05, 0.1) is 5.60 Å². The molecule has 1 aromatic rings. The van der Waals surface area contributed by atoms with Crippen LogP contribution in [0.5, 0.6) is 0 Å². The van der Waals surface area contributed by atoms with E-state index in [1.165, 1.54) is 12.1 Å². The molecule has 1 saturated heterocycles. The Bertz CT molecular complexity index is 447. The van der Waals surface area contributed by atoms with Crippen LogP contribution in [-0.2, 0) is 17.8 Å². The Balaban J connectivity index is 1.98. The van der Waals surface area contributed by atoms with Crippen molar-refractivity contribution in [2.24, 2.45) is 5.73 Å². The molecule has 112 valence electrons. The van der Waals surface area contributed by atoms with E-state index < -0.39 is 5.60 Å². The van der Waals surface area contributed by atoms with Crippen LogP contribution in [0.2, 0.25) is 0 Å². The number of benzene rings is 1. The first-order valence-corrected chi connectivity index (χ1v) is 6.98. The summed E-state index contributed by atoms with van der Waals surface area (Å²) in [4.78, 5) is 2.05. The molecule has 0 spiro atoms. The van der Waals surface area contributed by atoms with Gasteiger partial charge in [0.1, 0.15) is 5.82 Å². The summed E-state index contributed by atoms with van der Waals surface area (Å²) in [5.74, 6) is -0.264. The van der Waals surface area contributed by atoms with E-state index in [-0.39, 0.29) is 5.82 Å². The van der Waals surface area contributed by atoms with Gasteiger partial charge in [0.15, 0.2) is 0 Å². The maximum atomic E-state index is 13.2. The van der Waals surface area contributed by atoms with Gasteiger partial charge in [0, 0.05) is 45.7 Å². The van der Waals surface area contributed by atoms with Gasteiger partial charge in [-0.1, -0.05) is 6.07 Å². The van der Waals surface area contributed by atoms with E-state index in [1.54, 1.807) is 6.07 Å². The lowest BCUT2D eigenvalue weighted by Gasteiger charge is -2.35. The first-order valence-electron chi connectivity index (χ1n) is 6.98. The van der Waals surface area contributed by atoms with Crippen LogP contribution in [0.15, 0.2) is 18.2 Å². The Morgan fingerprint density at radius 3 is 2.70 bits per heavy atom. The Kier molecular flexibility index (Phi) is 5.10. The zero-order chi connectivity index (χ0) is 14.6. The summed E-state index contributed by atoms with van der Waals surface area (Å²) < 4.78 is 18.5. The summed E-state index contributed by atoms with van der Waals surface area (Å²) in [5.41, 5.74) is 6.79. The highest BCUT2D eigenvalue weighted by atomic mass is 19.1. The molecule has 0 saturated carbocycles. The number of nitrogens with two attached hydrogens (primary N) is 1. The van der Waals surface area contributed by atoms with Crippen molar-refractivity contribution in [1.82, 2.24) is 4.90 Å². The molecule has 0 aromatic heterocycles. The predicted octanol–water partition coefficient (Wildman–Crippen LogP) is 1.26. The molecule has 1 aliphatic rings. The maximum absolute atomic E-state index is 13.2. The van der Waals surface area contributed by atoms with Crippen molar-refractivity contribution in [3.05, 3.63) is 35.1 Å². The molecule has 2 rings (SSSR count). The standard InChI is InChI=1S/C15H23FN2O2/c1-18(11-15(19)4-6-20-7-5-15)10-12-2-3-14(16)8-13(12)9-17/h2-3,8,19H,4-7,9-11,17H2,1H3. The second-order valence-electron chi connectivity index (χ2n) is 5.63. The van der Waals surface area contributed by atoms with Crippen LogP contribution in [0, 0.1) is 5.82 Å². The van der Waals surface area contributed by atoms with E-state index in [1.807, 2.05) is 7.05 Å². The maximum Gasteiger partial charge on any atom is 0.123 e. The topological polar surface area (TPSA) is 58.7 Å². The van der Waals surface area contributed by atoms with Crippen molar-refractivity contribution in [3.63, 3.8) is 0 Å². The fourth-order valence-electron chi connectivity index (χ4n) is 2.70. The van der Waals surface area contributed by atoms with Crippen LogP contribution in [0.25, 0.3) is 0 Å². The minimum absolute atomic E-state index is 0.264. The summed E-state index contributed by atoms with van der Waals surface area (Å²) in [6.45, 7) is 2.76. The number of halogens is 1. The molecule has 0 unspecified atom stereocenters. The number of hydrogen-bond donors (Lipinski definition) is 2.